The molecule has 104 valence electrons. The third-order valence-electron chi connectivity index (χ3n) is 3.63. The number of nitrogens with one attached hydrogen (secondary N) is 1. The predicted octanol–water partition coefficient (Wildman–Crippen LogP) is 4.21. The number of halogens is 1. The van der Waals surface area contributed by atoms with Gasteiger partial charge >= 0.3 is 0 Å². The van der Waals surface area contributed by atoms with Crippen LogP contribution in [0.1, 0.15) is 17.5 Å². The minimum atomic E-state index is 0.0473. The third-order valence-corrected chi connectivity index (χ3v) is 4.32. The lowest BCUT2D eigenvalue weighted by atomic mass is 10.1. The summed E-state index contributed by atoms with van der Waals surface area (Å²) in [6.07, 6.45) is 0.869. The monoisotopic (exact) mass is 341 g/mol. The van der Waals surface area contributed by atoms with Crippen LogP contribution in [0, 0.1) is 0 Å². The number of aromatic nitrogens is 2. The van der Waals surface area contributed by atoms with Gasteiger partial charge in [-0.2, -0.15) is 4.98 Å². The normalized spacial score (nSPS) is 16.5. The molecular formula is C16H12BrN3O. The van der Waals surface area contributed by atoms with Crippen LogP contribution in [-0.2, 0) is 6.42 Å². The fraction of sp³-hybridized carbons (Fsp3) is 0.125. The van der Waals surface area contributed by atoms with Crippen LogP contribution < -0.4 is 5.32 Å². The number of para-hydroxylation sites is 1. The average molecular weight is 342 g/mol. The van der Waals surface area contributed by atoms with Crippen molar-refractivity contribution in [1.82, 2.24) is 10.1 Å². The predicted molar refractivity (Wildman–Crippen MR) is 83.9 cm³/mol. The smallest absolute Gasteiger partial charge is 0.249 e. The van der Waals surface area contributed by atoms with Crippen LogP contribution in [0.2, 0.25) is 0 Å². The van der Waals surface area contributed by atoms with E-state index in [1.807, 2.05) is 36.4 Å². The number of rotatable bonds is 2. The van der Waals surface area contributed by atoms with Crippen molar-refractivity contribution in [2.24, 2.45) is 0 Å². The molecule has 0 radical (unpaired) electrons. The molecule has 1 N–H and O–H groups in total. The van der Waals surface area contributed by atoms with Crippen molar-refractivity contribution in [2.45, 2.75) is 12.5 Å². The summed E-state index contributed by atoms with van der Waals surface area (Å²) >= 11 is 3.51. The molecule has 0 spiro atoms. The van der Waals surface area contributed by atoms with Gasteiger partial charge in [0.1, 0.15) is 6.04 Å². The van der Waals surface area contributed by atoms with Crippen LogP contribution in [0.25, 0.3) is 11.4 Å². The molecule has 2 heterocycles. The van der Waals surface area contributed by atoms with Gasteiger partial charge in [0.25, 0.3) is 0 Å². The van der Waals surface area contributed by atoms with Crippen molar-refractivity contribution in [3.8, 4) is 11.4 Å². The van der Waals surface area contributed by atoms with Crippen LogP contribution in [0.15, 0.2) is 57.5 Å². The molecule has 1 aromatic heterocycles. The second-order valence-corrected chi connectivity index (χ2v) is 5.85. The number of anilines is 1. The van der Waals surface area contributed by atoms with E-state index in [0.29, 0.717) is 11.7 Å². The molecule has 0 bridgehead atoms. The van der Waals surface area contributed by atoms with Crippen LogP contribution in [0.3, 0.4) is 0 Å². The van der Waals surface area contributed by atoms with Crippen molar-refractivity contribution in [3.63, 3.8) is 0 Å². The molecule has 4 nitrogen and oxygen atoms in total. The van der Waals surface area contributed by atoms with Gasteiger partial charge in [0.15, 0.2) is 0 Å². The molecule has 21 heavy (non-hydrogen) atoms. The molecule has 0 amide bonds. The van der Waals surface area contributed by atoms with Gasteiger partial charge in [-0.25, -0.2) is 0 Å². The van der Waals surface area contributed by atoms with E-state index >= 15 is 0 Å². The highest BCUT2D eigenvalue weighted by molar-refractivity contribution is 9.10. The van der Waals surface area contributed by atoms with Gasteiger partial charge in [0.2, 0.25) is 11.7 Å². The van der Waals surface area contributed by atoms with Crippen molar-refractivity contribution in [3.05, 3.63) is 64.5 Å². The summed E-state index contributed by atoms with van der Waals surface area (Å²) < 4.78 is 6.40. The lowest BCUT2D eigenvalue weighted by Gasteiger charge is -2.04. The van der Waals surface area contributed by atoms with Crippen LogP contribution in [0.4, 0.5) is 5.69 Å². The minimum Gasteiger partial charge on any atom is -0.373 e. The first kappa shape index (κ1) is 12.6. The summed E-state index contributed by atoms with van der Waals surface area (Å²) in [5.74, 6) is 1.23. The molecule has 5 heteroatoms. The number of fused-ring (bicyclic) bond motifs is 1. The Bertz CT molecular complexity index is 774. The van der Waals surface area contributed by atoms with Crippen molar-refractivity contribution < 1.29 is 4.52 Å². The summed E-state index contributed by atoms with van der Waals surface area (Å²) in [6, 6.07) is 16.2. The maximum absolute atomic E-state index is 5.44. The van der Waals surface area contributed by atoms with E-state index in [0.717, 1.165) is 22.1 Å². The molecule has 0 unspecified atom stereocenters. The third kappa shape index (κ3) is 2.23. The Kier molecular flexibility index (Phi) is 3.00. The van der Waals surface area contributed by atoms with E-state index in [9.17, 15) is 0 Å². The van der Waals surface area contributed by atoms with Gasteiger partial charge < -0.3 is 9.84 Å². The van der Waals surface area contributed by atoms with E-state index < -0.39 is 0 Å². The van der Waals surface area contributed by atoms with Gasteiger partial charge in [-0.1, -0.05) is 51.4 Å². The van der Waals surface area contributed by atoms with Gasteiger partial charge in [0.05, 0.1) is 0 Å². The molecule has 1 atom stereocenters. The maximum Gasteiger partial charge on any atom is 0.249 e. The fourth-order valence-corrected chi connectivity index (χ4v) is 3.04. The van der Waals surface area contributed by atoms with Crippen LogP contribution >= 0.6 is 15.9 Å². The van der Waals surface area contributed by atoms with Gasteiger partial charge in [-0.15, -0.1) is 0 Å². The molecule has 1 aliphatic heterocycles. The molecule has 4 rings (SSSR count). The second-order valence-electron chi connectivity index (χ2n) is 4.99. The van der Waals surface area contributed by atoms with E-state index in [1.54, 1.807) is 0 Å². The zero-order valence-corrected chi connectivity index (χ0v) is 12.7. The molecular weight excluding hydrogens is 330 g/mol. The van der Waals surface area contributed by atoms with E-state index in [1.165, 1.54) is 5.56 Å². The lowest BCUT2D eigenvalue weighted by Crippen LogP contribution is -2.05. The lowest BCUT2D eigenvalue weighted by molar-refractivity contribution is 0.364. The highest BCUT2D eigenvalue weighted by atomic mass is 79.9. The van der Waals surface area contributed by atoms with E-state index in [4.69, 9.17) is 4.52 Å². The Labute approximate surface area is 130 Å². The van der Waals surface area contributed by atoms with Gasteiger partial charge in [-0.05, 0) is 23.8 Å². The fourth-order valence-electron chi connectivity index (χ4n) is 2.58. The molecule has 1 aliphatic rings. The Morgan fingerprint density at radius 3 is 2.76 bits per heavy atom. The quantitative estimate of drug-likeness (QED) is 0.758. The molecule has 0 aliphatic carbocycles. The highest BCUT2D eigenvalue weighted by Crippen LogP contribution is 2.34. The highest BCUT2D eigenvalue weighted by Gasteiger charge is 2.26. The summed E-state index contributed by atoms with van der Waals surface area (Å²) in [6.45, 7) is 0. The Balaban J connectivity index is 1.63. The largest absolute Gasteiger partial charge is 0.373 e. The topological polar surface area (TPSA) is 51.0 Å². The summed E-state index contributed by atoms with van der Waals surface area (Å²) in [5.41, 5.74) is 3.36. The number of nitrogens with zero attached hydrogens (tertiary/aromatic N) is 2. The van der Waals surface area contributed by atoms with Gasteiger partial charge in [-0.3, -0.25) is 0 Å². The molecule has 3 aromatic rings. The zero-order valence-electron chi connectivity index (χ0n) is 11.1. The SMILES string of the molecule is Brc1ccccc1-c1noc([C@@H]2Cc3ccccc3N2)n1. The van der Waals surface area contributed by atoms with Crippen LogP contribution in [0.5, 0.6) is 0 Å². The molecule has 0 fully saturated rings. The first-order valence-electron chi connectivity index (χ1n) is 6.74. The van der Waals surface area contributed by atoms with Crippen molar-refractivity contribution in [1.29, 1.82) is 0 Å². The van der Waals surface area contributed by atoms with Crippen molar-refractivity contribution in [2.75, 3.05) is 5.32 Å². The summed E-state index contributed by atoms with van der Waals surface area (Å²) in [5, 5.41) is 7.52. The minimum absolute atomic E-state index is 0.0473. The number of hydrogen-bond acceptors (Lipinski definition) is 4. The Hall–Kier alpha value is -2.14. The van der Waals surface area contributed by atoms with Crippen molar-refractivity contribution >= 4 is 21.6 Å². The standard InChI is InChI=1S/C16H12BrN3O/c17-12-7-3-2-6-11(12)15-19-16(21-20-15)14-9-10-5-1-4-8-13(10)18-14/h1-8,14,18H,9H2/t14-/m0/s1. The maximum atomic E-state index is 5.44. The Morgan fingerprint density at radius 2 is 1.90 bits per heavy atom. The molecule has 0 saturated carbocycles. The number of hydrogen-bond donors (Lipinski definition) is 1. The van der Waals surface area contributed by atoms with Crippen LogP contribution in [-0.4, -0.2) is 10.1 Å². The molecule has 2 aromatic carbocycles. The number of benzene rings is 2. The average Bonchev–Trinajstić information content (AvgIpc) is 3.14. The van der Waals surface area contributed by atoms with Gasteiger partial charge in [0, 0.05) is 22.1 Å². The zero-order chi connectivity index (χ0) is 14.2. The molecule has 0 saturated heterocycles. The van der Waals surface area contributed by atoms with E-state index in [-0.39, 0.29) is 6.04 Å². The second kappa shape index (κ2) is 5.00. The summed E-state index contributed by atoms with van der Waals surface area (Å²) in [7, 11) is 0. The first-order chi connectivity index (χ1) is 10.3. The van der Waals surface area contributed by atoms with E-state index in [2.05, 4.69) is 43.5 Å². The Morgan fingerprint density at radius 1 is 1.10 bits per heavy atom. The summed E-state index contributed by atoms with van der Waals surface area (Å²) in [4.78, 5) is 4.54. The first-order valence-corrected chi connectivity index (χ1v) is 7.53.